The Morgan fingerprint density at radius 2 is 1.72 bits per heavy atom. The van der Waals surface area contributed by atoms with Gasteiger partial charge in [0.05, 0.1) is 17.2 Å². The number of carbonyl (C=O) groups is 1. The van der Waals surface area contributed by atoms with Gasteiger partial charge in [-0.2, -0.15) is 26.3 Å². The Kier molecular flexibility index (Phi) is 8.19. The number of nitrogens with zero attached hydrogens (tertiary/aromatic N) is 1. The van der Waals surface area contributed by atoms with E-state index >= 15 is 0 Å². The van der Waals surface area contributed by atoms with Crippen molar-refractivity contribution in [2.75, 3.05) is 6.54 Å². The smallest absolute Gasteiger partial charge is 0.416 e. The first-order valence-electron chi connectivity index (χ1n) is 11.2. The van der Waals surface area contributed by atoms with E-state index in [1.54, 1.807) is 11.8 Å². The molecular weight excluding hydrogens is 484 g/mol. The lowest BCUT2D eigenvalue weighted by Crippen LogP contribution is -2.40. The van der Waals surface area contributed by atoms with Crippen LogP contribution in [0.2, 0.25) is 0 Å². The summed E-state index contributed by atoms with van der Waals surface area (Å²) in [6.45, 7) is 5.54. The van der Waals surface area contributed by atoms with Crippen LogP contribution < -0.4 is 0 Å². The van der Waals surface area contributed by atoms with Crippen LogP contribution in [0.15, 0.2) is 60.7 Å². The first kappa shape index (κ1) is 27.3. The van der Waals surface area contributed by atoms with E-state index in [4.69, 9.17) is 0 Å². The summed E-state index contributed by atoms with van der Waals surface area (Å²) in [5, 5.41) is 9.28. The maximum absolute atomic E-state index is 13.9. The second kappa shape index (κ2) is 10.8. The topological polar surface area (TPSA) is 40.5 Å². The SMILES string of the molecule is C=C(C)C#C[C@@H](c1ccccc1C(F)(F)F)N1CC[C@H](CC(=O)O)C[C@@H]1c1ccc(C(F)(F)F)cc1. The summed E-state index contributed by atoms with van der Waals surface area (Å²) in [6, 6.07) is 7.81. The number of allylic oxidation sites excluding steroid dienone is 1. The molecule has 1 saturated heterocycles. The number of halogens is 6. The van der Waals surface area contributed by atoms with Crippen LogP contribution in [0.4, 0.5) is 26.3 Å². The van der Waals surface area contributed by atoms with Crippen LogP contribution in [-0.2, 0) is 17.1 Å². The van der Waals surface area contributed by atoms with Crippen molar-refractivity contribution in [3.63, 3.8) is 0 Å². The van der Waals surface area contributed by atoms with Crippen LogP contribution in [0.1, 0.15) is 60.5 Å². The molecule has 9 heteroatoms. The summed E-state index contributed by atoms with van der Waals surface area (Å²) >= 11 is 0. The van der Waals surface area contributed by atoms with E-state index in [0.717, 1.165) is 18.2 Å². The Morgan fingerprint density at radius 1 is 1.08 bits per heavy atom. The lowest BCUT2D eigenvalue weighted by Gasteiger charge is -2.43. The third-order valence-electron chi connectivity index (χ3n) is 6.15. The van der Waals surface area contributed by atoms with Gasteiger partial charge in [0.15, 0.2) is 0 Å². The average molecular weight is 509 g/mol. The van der Waals surface area contributed by atoms with E-state index in [0.29, 0.717) is 17.6 Å². The molecule has 1 aliphatic heterocycles. The van der Waals surface area contributed by atoms with Crippen LogP contribution >= 0.6 is 0 Å². The molecule has 0 amide bonds. The van der Waals surface area contributed by atoms with E-state index in [1.807, 2.05) is 0 Å². The minimum absolute atomic E-state index is 0.0765. The molecule has 1 N–H and O–H groups in total. The lowest BCUT2D eigenvalue weighted by molar-refractivity contribution is -0.140. The number of hydrogen-bond acceptors (Lipinski definition) is 2. The highest BCUT2D eigenvalue weighted by Gasteiger charge is 2.40. The molecule has 0 aromatic heterocycles. The second-order valence-electron chi connectivity index (χ2n) is 8.90. The van der Waals surface area contributed by atoms with Gasteiger partial charge in [-0.3, -0.25) is 9.69 Å². The molecule has 3 atom stereocenters. The van der Waals surface area contributed by atoms with Gasteiger partial charge in [0.25, 0.3) is 0 Å². The fourth-order valence-electron chi connectivity index (χ4n) is 4.54. The van der Waals surface area contributed by atoms with Crippen LogP contribution in [0.3, 0.4) is 0 Å². The number of aliphatic carboxylic acids is 1. The molecule has 192 valence electrons. The molecule has 1 fully saturated rings. The van der Waals surface area contributed by atoms with Crippen LogP contribution in [-0.4, -0.2) is 22.5 Å². The van der Waals surface area contributed by atoms with E-state index in [-0.39, 0.29) is 30.9 Å². The zero-order chi connectivity index (χ0) is 26.7. The molecule has 1 aliphatic rings. The summed E-state index contributed by atoms with van der Waals surface area (Å²) in [7, 11) is 0. The van der Waals surface area contributed by atoms with Gasteiger partial charge in [-0.15, -0.1) is 0 Å². The Morgan fingerprint density at radius 3 is 2.28 bits per heavy atom. The highest BCUT2D eigenvalue weighted by atomic mass is 19.4. The highest BCUT2D eigenvalue weighted by molar-refractivity contribution is 5.67. The van der Waals surface area contributed by atoms with Gasteiger partial charge in [0, 0.05) is 19.0 Å². The number of hydrogen-bond donors (Lipinski definition) is 1. The Bertz CT molecular complexity index is 1160. The third-order valence-corrected chi connectivity index (χ3v) is 6.15. The Labute approximate surface area is 205 Å². The number of carboxylic acid groups (broad SMARTS) is 1. The quantitative estimate of drug-likeness (QED) is 0.340. The van der Waals surface area contributed by atoms with Crippen molar-refractivity contribution in [3.05, 3.63) is 82.9 Å². The summed E-state index contributed by atoms with van der Waals surface area (Å²) in [5.41, 5.74) is -0.894. The lowest BCUT2D eigenvalue weighted by atomic mass is 9.83. The van der Waals surface area contributed by atoms with Gasteiger partial charge >= 0.3 is 18.3 Å². The van der Waals surface area contributed by atoms with Crippen LogP contribution in [0, 0.1) is 17.8 Å². The molecule has 1 heterocycles. The van der Waals surface area contributed by atoms with Gasteiger partial charge in [0.2, 0.25) is 0 Å². The van der Waals surface area contributed by atoms with Crippen LogP contribution in [0.5, 0.6) is 0 Å². The molecule has 3 rings (SSSR count). The van der Waals surface area contributed by atoms with Crippen molar-refractivity contribution in [1.82, 2.24) is 4.90 Å². The van der Waals surface area contributed by atoms with Crippen molar-refractivity contribution in [2.45, 2.75) is 50.6 Å². The zero-order valence-corrected chi connectivity index (χ0v) is 19.5. The highest BCUT2D eigenvalue weighted by Crippen LogP contribution is 2.44. The molecule has 2 aromatic carbocycles. The molecule has 2 aromatic rings. The summed E-state index contributed by atoms with van der Waals surface area (Å²) in [5.74, 6) is 4.35. The summed E-state index contributed by atoms with van der Waals surface area (Å²) < 4.78 is 81.1. The van der Waals surface area contributed by atoms with Gasteiger partial charge in [-0.1, -0.05) is 48.8 Å². The molecule has 0 aliphatic carbocycles. The minimum atomic E-state index is -4.65. The number of carboxylic acids is 1. The monoisotopic (exact) mass is 509 g/mol. The Balaban J connectivity index is 2.12. The van der Waals surface area contributed by atoms with Gasteiger partial charge in [-0.25, -0.2) is 0 Å². The zero-order valence-electron chi connectivity index (χ0n) is 19.5. The van der Waals surface area contributed by atoms with E-state index in [9.17, 15) is 36.2 Å². The molecule has 0 bridgehead atoms. The number of likely N-dealkylation sites (tertiary alicyclic amines) is 1. The number of rotatable bonds is 5. The molecule has 0 unspecified atom stereocenters. The van der Waals surface area contributed by atoms with Crippen molar-refractivity contribution >= 4 is 5.97 Å². The fourth-order valence-corrected chi connectivity index (χ4v) is 4.54. The predicted molar refractivity (Wildman–Crippen MR) is 123 cm³/mol. The van der Waals surface area contributed by atoms with Crippen LogP contribution in [0.25, 0.3) is 0 Å². The summed E-state index contributed by atoms with van der Waals surface area (Å²) in [6.07, 6.45) is -8.70. The van der Waals surface area contributed by atoms with E-state index in [1.165, 1.54) is 30.3 Å². The largest absolute Gasteiger partial charge is 0.481 e. The van der Waals surface area contributed by atoms with Gasteiger partial charge in [-0.05, 0) is 60.6 Å². The van der Waals surface area contributed by atoms with E-state index < -0.39 is 41.5 Å². The second-order valence-corrected chi connectivity index (χ2v) is 8.90. The first-order chi connectivity index (χ1) is 16.8. The summed E-state index contributed by atoms with van der Waals surface area (Å²) in [4.78, 5) is 13.1. The number of alkyl halides is 6. The van der Waals surface area contributed by atoms with Crippen molar-refractivity contribution in [2.24, 2.45) is 5.92 Å². The normalized spacial score (nSPS) is 19.8. The van der Waals surface area contributed by atoms with Gasteiger partial charge in [0.1, 0.15) is 0 Å². The third kappa shape index (κ3) is 6.70. The average Bonchev–Trinajstić information content (AvgIpc) is 2.78. The Hall–Kier alpha value is -3.25. The number of benzene rings is 2. The molecular formula is C27H25F6NO2. The van der Waals surface area contributed by atoms with Crippen molar-refractivity contribution in [1.29, 1.82) is 0 Å². The molecule has 0 radical (unpaired) electrons. The predicted octanol–water partition coefficient (Wildman–Crippen LogP) is 7.27. The first-order valence-corrected chi connectivity index (χ1v) is 11.2. The maximum atomic E-state index is 13.9. The molecule has 0 spiro atoms. The van der Waals surface area contributed by atoms with Gasteiger partial charge < -0.3 is 5.11 Å². The van der Waals surface area contributed by atoms with E-state index in [2.05, 4.69) is 18.4 Å². The van der Waals surface area contributed by atoms with Crippen molar-refractivity contribution in [3.8, 4) is 11.8 Å². The molecule has 36 heavy (non-hydrogen) atoms. The molecule has 0 saturated carbocycles. The maximum Gasteiger partial charge on any atom is 0.416 e. The fraction of sp³-hybridized carbons (Fsp3) is 0.370. The standard InChI is InChI=1S/C27H25F6NO2/c1-17(2)7-12-23(21-5-3-4-6-22(21)27(31,32)33)34-14-13-18(16-25(35)36)15-24(34)19-8-10-20(11-9-19)26(28,29)30/h3-6,8-11,18,23-24H,1,13-16H2,2H3,(H,35,36)/t18-,23-,24+/m0/s1. The molecule has 3 nitrogen and oxygen atoms in total. The van der Waals surface area contributed by atoms with Crippen molar-refractivity contribution < 1.29 is 36.2 Å². The number of piperidine rings is 1. The minimum Gasteiger partial charge on any atom is -0.481 e.